The monoisotopic (exact) mass is 109 g/mol. The van der Waals surface area contributed by atoms with E-state index in [4.69, 9.17) is 12.2 Å². The average Bonchev–Trinajstić information content (AvgIpc) is 1.67. The van der Waals surface area contributed by atoms with Crippen molar-refractivity contribution in [1.29, 1.82) is 0 Å². The molecular formula is C7H11N. The molecule has 1 rings (SSSR count). The van der Waals surface area contributed by atoms with Crippen LogP contribution in [0.5, 0.6) is 0 Å². The zero-order valence-electron chi connectivity index (χ0n) is 4.98. The molecule has 44 valence electrons. The zero-order valence-corrected chi connectivity index (χ0v) is 4.98. The van der Waals surface area contributed by atoms with E-state index >= 15 is 0 Å². The summed E-state index contributed by atoms with van der Waals surface area (Å²) >= 11 is 0. The fourth-order valence-corrected chi connectivity index (χ4v) is 1.01. The smallest absolute Gasteiger partial charge is 0.0434 e. The Morgan fingerprint density at radius 1 is 1.62 bits per heavy atom. The van der Waals surface area contributed by atoms with Crippen molar-refractivity contribution in [3.63, 3.8) is 0 Å². The highest BCUT2D eigenvalue weighted by molar-refractivity contribution is 5.10. The van der Waals surface area contributed by atoms with Crippen molar-refractivity contribution in [1.82, 2.24) is 0 Å². The third-order valence-electron chi connectivity index (χ3n) is 2.01. The Balaban J connectivity index is 2.49. The van der Waals surface area contributed by atoms with E-state index in [0.717, 1.165) is 12.8 Å². The summed E-state index contributed by atoms with van der Waals surface area (Å²) in [7, 11) is 0. The zero-order chi connectivity index (χ0) is 6.04. The summed E-state index contributed by atoms with van der Waals surface area (Å²) in [6.07, 6.45) is 8.79. The first-order valence-electron chi connectivity index (χ1n) is 3.01. The molecular weight excluding hydrogens is 98.1 g/mol. The summed E-state index contributed by atoms with van der Waals surface area (Å²) in [5.41, 5.74) is 5.55. The van der Waals surface area contributed by atoms with Gasteiger partial charge in [-0.1, -0.05) is 12.3 Å². The van der Waals surface area contributed by atoms with Crippen molar-refractivity contribution < 1.29 is 0 Å². The third kappa shape index (κ3) is 0.617. The lowest BCUT2D eigenvalue weighted by Crippen LogP contribution is -2.35. The molecule has 0 amide bonds. The molecule has 1 heteroatoms. The molecule has 1 nitrogen and oxygen atoms in total. The predicted octanol–water partition coefficient (Wildman–Crippen LogP) is 0.749. The van der Waals surface area contributed by atoms with Crippen molar-refractivity contribution >= 4 is 0 Å². The third-order valence-corrected chi connectivity index (χ3v) is 2.01. The van der Waals surface area contributed by atoms with E-state index < -0.39 is 0 Å². The van der Waals surface area contributed by atoms with Gasteiger partial charge in [0.25, 0.3) is 0 Å². The molecule has 0 heterocycles. The van der Waals surface area contributed by atoms with Crippen molar-refractivity contribution in [2.24, 2.45) is 11.1 Å². The van der Waals surface area contributed by atoms with Gasteiger partial charge >= 0.3 is 0 Å². The average molecular weight is 109 g/mol. The fourth-order valence-electron chi connectivity index (χ4n) is 1.01. The minimum absolute atomic E-state index is 0.111. The van der Waals surface area contributed by atoms with Crippen molar-refractivity contribution in [3.05, 3.63) is 0 Å². The number of rotatable bonds is 1. The Morgan fingerprint density at radius 2 is 2.25 bits per heavy atom. The minimum Gasteiger partial charge on any atom is -0.329 e. The number of nitrogens with two attached hydrogens (primary N) is 1. The lowest BCUT2D eigenvalue weighted by Gasteiger charge is -2.35. The van der Waals surface area contributed by atoms with Gasteiger partial charge in [0, 0.05) is 12.0 Å². The highest BCUT2D eigenvalue weighted by Gasteiger charge is 2.32. The van der Waals surface area contributed by atoms with Crippen LogP contribution in [0.2, 0.25) is 0 Å². The fraction of sp³-hybridized carbons (Fsp3) is 0.714. The van der Waals surface area contributed by atoms with Crippen LogP contribution in [0.15, 0.2) is 0 Å². The molecule has 0 bridgehead atoms. The van der Waals surface area contributed by atoms with Crippen molar-refractivity contribution in [2.75, 3.05) is 6.54 Å². The number of hydrogen-bond donors (Lipinski definition) is 1. The molecule has 0 radical (unpaired) electrons. The van der Waals surface area contributed by atoms with Crippen LogP contribution < -0.4 is 5.73 Å². The summed E-state index contributed by atoms with van der Waals surface area (Å²) in [5, 5.41) is 0. The standard InChI is InChI=1S/C7H11N/c1-2-7(6-8)4-3-5-7/h1H,3-6,8H2. The van der Waals surface area contributed by atoms with E-state index in [9.17, 15) is 0 Å². The highest BCUT2D eigenvalue weighted by atomic mass is 14.6. The molecule has 1 saturated carbocycles. The quantitative estimate of drug-likeness (QED) is 0.494. The van der Waals surface area contributed by atoms with Gasteiger partial charge in [0.1, 0.15) is 0 Å². The van der Waals surface area contributed by atoms with Gasteiger partial charge in [-0.15, -0.1) is 6.42 Å². The molecule has 1 aliphatic carbocycles. The van der Waals surface area contributed by atoms with Gasteiger partial charge in [-0.25, -0.2) is 0 Å². The van der Waals surface area contributed by atoms with Gasteiger partial charge in [0.2, 0.25) is 0 Å². The first-order chi connectivity index (χ1) is 3.83. The largest absolute Gasteiger partial charge is 0.329 e. The van der Waals surface area contributed by atoms with E-state index in [1.807, 2.05) is 0 Å². The lowest BCUT2D eigenvalue weighted by molar-refractivity contribution is 0.229. The van der Waals surface area contributed by atoms with Crippen LogP contribution in [0.25, 0.3) is 0 Å². The van der Waals surface area contributed by atoms with E-state index in [0.29, 0.717) is 6.54 Å². The second kappa shape index (κ2) is 1.80. The molecule has 0 aliphatic heterocycles. The van der Waals surface area contributed by atoms with Gasteiger partial charge in [0.15, 0.2) is 0 Å². The van der Waals surface area contributed by atoms with Crippen LogP contribution in [-0.4, -0.2) is 6.54 Å². The maximum atomic E-state index is 5.44. The maximum Gasteiger partial charge on any atom is 0.0434 e. The first-order valence-corrected chi connectivity index (χ1v) is 3.01. The summed E-state index contributed by atoms with van der Waals surface area (Å²) < 4.78 is 0. The van der Waals surface area contributed by atoms with Crippen LogP contribution in [0.4, 0.5) is 0 Å². The van der Waals surface area contributed by atoms with Gasteiger partial charge in [-0.2, -0.15) is 0 Å². The topological polar surface area (TPSA) is 26.0 Å². The van der Waals surface area contributed by atoms with E-state index in [1.54, 1.807) is 0 Å². The van der Waals surface area contributed by atoms with Crippen LogP contribution in [0.3, 0.4) is 0 Å². The molecule has 1 fully saturated rings. The SMILES string of the molecule is C#CC1(CN)CCC1. The second-order valence-corrected chi connectivity index (χ2v) is 2.48. The van der Waals surface area contributed by atoms with Gasteiger partial charge in [-0.05, 0) is 12.8 Å². The Morgan fingerprint density at radius 3 is 2.25 bits per heavy atom. The second-order valence-electron chi connectivity index (χ2n) is 2.48. The van der Waals surface area contributed by atoms with Crippen molar-refractivity contribution in [2.45, 2.75) is 19.3 Å². The van der Waals surface area contributed by atoms with E-state index in [1.165, 1.54) is 6.42 Å². The lowest BCUT2D eigenvalue weighted by atomic mass is 9.70. The van der Waals surface area contributed by atoms with E-state index in [2.05, 4.69) is 5.92 Å². The number of terminal acetylenes is 1. The van der Waals surface area contributed by atoms with Gasteiger partial charge in [-0.3, -0.25) is 0 Å². The first kappa shape index (κ1) is 5.65. The molecule has 0 spiro atoms. The molecule has 1 aliphatic rings. The van der Waals surface area contributed by atoms with Crippen LogP contribution in [-0.2, 0) is 0 Å². The Bertz CT molecular complexity index is 111. The van der Waals surface area contributed by atoms with Gasteiger partial charge < -0.3 is 5.73 Å². The van der Waals surface area contributed by atoms with Crippen LogP contribution in [0, 0.1) is 17.8 Å². The molecule has 0 atom stereocenters. The Labute approximate surface area is 50.3 Å². The number of hydrogen-bond acceptors (Lipinski definition) is 1. The minimum atomic E-state index is 0.111. The summed E-state index contributed by atoms with van der Waals surface area (Å²) in [6, 6.07) is 0. The maximum absolute atomic E-state index is 5.44. The molecule has 2 N–H and O–H groups in total. The van der Waals surface area contributed by atoms with E-state index in [-0.39, 0.29) is 5.41 Å². The Hall–Kier alpha value is -0.480. The highest BCUT2D eigenvalue weighted by Crippen LogP contribution is 2.38. The summed E-state index contributed by atoms with van der Waals surface area (Å²) in [4.78, 5) is 0. The summed E-state index contributed by atoms with van der Waals surface area (Å²) in [6.45, 7) is 0.670. The van der Waals surface area contributed by atoms with Gasteiger partial charge in [0.05, 0.1) is 0 Å². The molecule has 0 aromatic heterocycles. The molecule has 0 aromatic rings. The van der Waals surface area contributed by atoms with Crippen LogP contribution >= 0.6 is 0 Å². The molecule has 8 heavy (non-hydrogen) atoms. The van der Waals surface area contributed by atoms with Crippen molar-refractivity contribution in [3.8, 4) is 12.3 Å². The molecule has 0 unspecified atom stereocenters. The summed E-state index contributed by atoms with van der Waals surface area (Å²) in [5.74, 6) is 2.74. The molecule has 0 saturated heterocycles. The molecule has 0 aromatic carbocycles. The predicted molar refractivity (Wildman–Crippen MR) is 34.2 cm³/mol. The van der Waals surface area contributed by atoms with Crippen LogP contribution in [0.1, 0.15) is 19.3 Å². The Kier molecular flexibility index (Phi) is 1.27. The normalized spacial score (nSPS) is 23.5.